The maximum absolute atomic E-state index is 14.3. The van der Waals surface area contributed by atoms with Crippen LogP contribution < -0.4 is 0 Å². The van der Waals surface area contributed by atoms with Crippen LogP contribution in [0.1, 0.15) is 63.5 Å². The van der Waals surface area contributed by atoms with E-state index in [1.807, 2.05) is 60.7 Å². The van der Waals surface area contributed by atoms with Crippen molar-refractivity contribution < 1.29 is 33.0 Å². The zero-order chi connectivity index (χ0) is 25.9. The van der Waals surface area contributed by atoms with Crippen molar-refractivity contribution in [1.29, 1.82) is 0 Å². The molecule has 0 radical (unpaired) electrons. The van der Waals surface area contributed by atoms with Gasteiger partial charge in [0.05, 0.1) is 31.8 Å². The minimum absolute atomic E-state index is 0.161. The molecule has 2 aromatic carbocycles. The van der Waals surface area contributed by atoms with Gasteiger partial charge in [-0.05, 0) is 25.0 Å². The highest BCUT2D eigenvalue weighted by Gasteiger charge is 2.57. The van der Waals surface area contributed by atoms with Gasteiger partial charge in [-0.3, -0.25) is 0 Å². The lowest BCUT2D eigenvalue weighted by Crippen LogP contribution is -2.60. The highest BCUT2D eigenvalue weighted by molar-refractivity contribution is 5.86. The fraction of sp³-hybridized carbons (Fsp3) is 0.533. The van der Waals surface area contributed by atoms with Crippen molar-refractivity contribution >= 4 is 12.1 Å². The van der Waals surface area contributed by atoms with Gasteiger partial charge >= 0.3 is 12.1 Å². The molecule has 3 fully saturated rings. The number of rotatable bonds is 8. The zero-order valence-electron chi connectivity index (χ0n) is 21.8. The van der Waals surface area contributed by atoms with Gasteiger partial charge in [-0.2, -0.15) is 0 Å². The number of nitrogens with zero attached hydrogens (tertiary/aromatic N) is 1. The van der Waals surface area contributed by atoms with E-state index < -0.39 is 24.0 Å². The van der Waals surface area contributed by atoms with Crippen molar-refractivity contribution in [3.8, 4) is 0 Å². The summed E-state index contributed by atoms with van der Waals surface area (Å²) in [5.41, 5.74) is -0.371. The monoisotopic (exact) mass is 508 g/mol. The van der Waals surface area contributed by atoms with Crippen LogP contribution in [0.3, 0.4) is 0 Å². The van der Waals surface area contributed by atoms with Crippen LogP contribution in [-0.2, 0) is 29.3 Å². The molecule has 0 aliphatic carbocycles. The van der Waals surface area contributed by atoms with Gasteiger partial charge in [-0.25, -0.2) is 9.59 Å². The van der Waals surface area contributed by atoms with Crippen LogP contribution in [0.15, 0.2) is 60.7 Å². The molecule has 0 amide bonds. The molecule has 37 heavy (non-hydrogen) atoms. The Balaban J connectivity index is 1.46. The first kappa shape index (κ1) is 25.7. The second-order valence-corrected chi connectivity index (χ2v) is 10.5. The Morgan fingerprint density at radius 2 is 1.46 bits per heavy atom. The number of ether oxygens (including phenoxy) is 4. The van der Waals surface area contributed by atoms with Crippen LogP contribution in [0.4, 0.5) is 4.79 Å². The summed E-state index contributed by atoms with van der Waals surface area (Å²) >= 11 is 0. The van der Waals surface area contributed by atoms with Crippen molar-refractivity contribution in [2.45, 2.75) is 82.5 Å². The summed E-state index contributed by atoms with van der Waals surface area (Å²) in [5, 5.41) is 0. The number of benzene rings is 2. The molecule has 0 N–H and O–H groups in total. The molecule has 1 spiro atoms. The van der Waals surface area contributed by atoms with Crippen molar-refractivity contribution in [1.82, 2.24) is 0 Å². The van der Waals surface area contributed by atoms with E-state index in [-0.39, 0.29) is 12.7 Å². The van der Waals surface area contributed by atoms with Crippen molar-refractivity contribution in [3.63, 3.8) is 0 Å². The topological polar surface area (TPSA) is 71.1 Å². The number of carbonyl (C=O) groups excluding carboxylic acids is 2. The largest absolute Gasteiger partial charge is 0.510 e. The number of quaternary nitrogens is 1. The van der Waals surface area contributed by atoms with E-state index >= 15 is 0 Å². The van der Waals surface area contributed by atoms with Crippen LogP contribution in [0.2, 0.25) is 0 Å². The number of carbonyl (C=O) groups is 2. The maximum Gasteiger partial charge on any atom is 0.510 e. The minimum atomic E-state index is -1.61. The molecule has 3 heterocycles. The maximum atomic E-state index is 14.3. The predicted octanol–water partition coefficient (Wildman–Crippen LogP) is 5.31. The second-order valence-electron chi connectivity index (χ2n) is 10.5. The molecule has 2 aromatic rings. The van der Waals surface area contributed by atoms with Crippen molar-refractivity contribution in [2.75, 3.05) is 19.7 Å². The average Bonchev–Trinajstić information content (AvgIpc) is 3.45. The number of piperidine rings is 1. The van der Waals surface area contributed by atoms with E-state index in [2.05, 4.69) is 0 Å². The third kappa shape index (κ3) is 4.87. The van der Waals surface area contributed by atoms with Gasteiger partial charge in [0.15, 0.2) is 0 Å². The van der Waals surface area contributed by atoms with Crippen LogP contribution >= 0.6 is 0 Å². The summed E-state index contributed by atoms with van der Waals surface area (Å²) < 4.78 is 24.3. The zero-order valence-corrected chi connectivity index (χ0v) is 21.8. The quantitative estimate of drug-likeness (QED) is 0.273. The van der Waals surface area contributed by atoms with Gasteiger partial charge in [0, 0.05) is 38.5 Å². The van der Waals surface area contributed by atoms with Gasteiger partial charge < -0.3 is 23.4 Å². The first-order valence-corrected chi connectivity index (χ1v) is 13.7. The van der Waals surface area contributed by atoms with E-state index in [0.717, 1.165) is 12.8 Å². The average molecular weight is 509 g/mol. The third-order valence-corrected chi connectivity index (χ3v) is 8.55. The Hall–Kier alpha value is -2.90. The molecule has 5 rings (SSSR count). The second kappa shape index (κ2) is 10.8. The van der Waals surface area contributed by atoms with E-state index in [4.69, 9.17) is 18.9 Å². The van der Waals surface area contributed by atoms with Gasteiger partial charge in [0.25, 0.3) is 0 Å². The summed E-state index contributed by atoms with van der Waals surface area (Å²) in [4.78, 5) is 26.4. The minimum Gasteiger partial charge on any atom is -0.459 e. The Morgan fingerprint density at radius 3 is 1.97 bits per heavy atom. The number of hydrogen-bond acceptors (Lipinski definition) is 6. The molecule has 3 saturated heterocycles. The molecule has 0 saturated carbocycles. The fourth-order valence-corrected chi connectivity index (χ4v) is 7.03. The van der Waals surface area contributed by atoms with Gasteiger partial charge in [0.2, 0.25) is 11.9 Å². The number of hydrogen-bond donors (Lipinski definition) is 0. The highest BCUT2D eigenvalue weighted by Crippen LogP contribution is 2.47. The summed E-state index contributed by atoms with van der Waals surface area (Å²) in [6, 6.07) is 19.8. The number of esters is 1. The lowest BCUT2D eigenvalue weighted by Gasteiger charge is -2.47. The Morgan fingerprint density at radius 1 is 0.919 bits per heavy atom. The van der Waals surface area contributed by atoms with Gasteiger partial charge in [0.1, 0.15) is 6.10 Å². The third-order valence-electron chi connectivity index (χ3n) is 8.55. The van der Waals surface area contributed by atoms with Crippen LogP contribution in [-0.4, -0.2) is 60.8 Å². The molecule has 198 valence electrons. The summed E-state index contributed by atoms with van der Waals surface area (Å²) in [6.07, 6.45) is 4.72. The molecule has 3 aliphatic heterocycles. The SMILES string of the molecule is CCOC(=O)OC(C)OC(C(=O)OC1CC2CCC(C1)[N+]21CCCC1)(c1ccccc1)c1ccccc1. The normalized spacial score (nSPS) is 25.0. The van der Waals surface area contributed by atoms with Crippen molar-refractivity contribution in [2.24, 2.45) is 0 Å². The molecule has 3 unspecified atom stereocenters. The highest BCUT2D eigenvalue weighted by atomic mass is 16.8. The fourth-order valence-electron chi connectivity index (χ4n) is 7.03. The molecule has 7 heteroatoms. The smallest absolute Gasteiger partial charge is 0.459 e. The Labute approximate surface area is 219 Å². The molecule has 0 aromatic heterocycles. The van der Waals surface area contributed by atoms with Gasteiger partial charge in [-0.1, -0.05) is 60.7 Å². The molecule has 2 bridgehead atoms. The summed E-state index contributed by atoms with van der Waals surface area (Å²) in [5.74, 6) is -0.483. The van der Waals surface area contributed by atoms with E-state index in [0.29, 0.717) is 23.2 Å². The van der Waals surface area contributed by atoms with E-state index in [1.165, 1.54) is 43.3 Å². The van der Waals surface area contributed by atoms with Crippen LogP contribution in [0.25, 0.3) is 0 Å². The van der Waals surface area contributed by atoms with Crippen LogP contribution in [0, 0.1) is 0 Å². The molecule has 7 nitrogen and oxygen atoms in total. The first-order chi connectivity index (χ1) is 18.0. The summed E-state index contributed by atoms with van der Waals surface area (Å²) in [6.45, 7) is 6.00. The summed E-state index contributed by atoms with van der Waals surface area (Å²) in [7, 11) is 0. The molecule has 3 atom stereocenters. The standard InChI is InChI=1S/C30H38NO6/c1-3-34-29(33)35-22(2)37-30(23-12-6-4-7-13-23,24-14-8-5-9-15-24)28(32)36-27-20-25-16-17-26(21-27)31(25)18-10-11-19-31/h4-9,12-15,22,25-27H,3,10-11,16-21H2,1-2H3/q+1. The molecular formula is C30H38NO6+. The Kier molecular flexibility index (Phi) is 7.54. The van der Waals surface area contributed by atoms with Gasteiger partial charge in [-0.15, -0.1) is 0 Å². The molecular weight excluding hydrogens is 470 g/mol. The predicted molar refractivity (Wildman–Crippen MR) is 137 cm³/mol. The van der Waals surface area contributed by atoms with Crippen molar-refractivity contribution in [3.05, 3.63) is 71.8 Å². The van der Waals surface area contributed by atoms with Crippen LogP contribution in [0.5, 0.6) is 0 Å². The Bertz CT molecular complexity index is 1010. The lowest BCUT2D eigenvalue weighted by molar-refractivity contribution is -0.956. The lowest BCUT2D eigenvalue weighted by atomic mass is 9.85. The molecule has 3 aliphatic rings. The van der Waals surface area contributed by atoms with E-state index in [1.54, 1.807) is 13.8 Å². The first-order valence-electron chi connectivity index (χ1n) is 13.7. The van der Waals surface area contributed by atoms with E-state index in [9.17, 15) is 9.59 Å².